The standard InChI is InChI=1S/C23H29NO2/c1-16(2)14-19(25)21-22(17(3)4)24(15-18-10-6-5-7-11-18)20-12-8-9-13-23(20,21)26/h5-13,16-17,20,26H,14-15H2,1-4H3/t20?,23-/m1/s1. The van der Waals surface area contributed by atoms with Crippen LogP contribution in [0.5, 0.6) is 0 Å². The van der Waals surface area contributed by atoms with Gasteiger partial charge in [-0.05, 0) is 23.5 Å². The number of rotatable bonds is 6. The molecule has 2 aliphatic rings. The highest BCUT2D eigenvalue weighted by atomic mass is 16.3. The summed E-state index contributed by atoms with van der Waals surface area (Å²) in [5.41, 5.74) is 1.49. The fourth-order valence-electron chi connectivity index (χ4n) is 4.11. The fourth-order valence-corrected chi connectivity index (χ4v) is 4.11. The number of carbonyl (C=O) groups excluding carboxylic acids is 1. The van der Waals surface area contributed by atoms with Crippen LogP contribution >= 0.6 is 0 Å². The molecule has 0 radical (unpaired) electrons. The first kappa shape index (κ1) is 18.7. The Bertz CT molecular complexity index is 758. The maximum atomic E-state index is 13.1. The Morgan fingerprint density at radius 2 is 1.85 bits per heavy atom. The van der Waals surface area contributed by atoms with Gasteiger partial charge in [0.2, 0.25) is 0 Å². The number of nitrogens with zero attached hydrogens (tertiary/aromatic N) is 1. The summed E-state index contributed by atoms with van der Waals surface area (Å²) in [5.74, 6) is 0.477. The highest BCUT2D eigenvalue weighted by Crippen LogP contribution is 2.45. The number of ketones is 1. The summed E-state index contributed by atoms with van der Waals surface area (Å²) >= 11 is 0. The van der Waals surface area contributed by atoms with Crippen molar-refractivity contribution in [3.63, 3.8) is 0 Å². The van der Waals surface area contributed by atoms with Gasteiger partial charge in [-0.1, -0.05) is 76.3 Å². The molecule has 1 aliphatic heterocycles. The summed E-state index contributed by atoms with van der Waals surface area (Å²) in [6.07, 6.45) is 8.07. The van der Waals surface area contributed by atoms with Gasteiger partial charge >= 0.3 is 0 Å². The molecule has 26 heavy (non-hydrogen) atoms. The molecule has 1 N–H and O–H groups in total. The number of carbonyl (C=O) groups is 1. The molecule has 3 rings (SSSR count). The molecular formula is C23H29NO2. The molecule has 1 aliphatic carbocycles. The van der Waals surface area contributed by atoms with E-state index in [0.29, 0.717) is 18.5 Å². The van der Waals surface area contributed by atoms with E-state index in [1.807, 2.05) is 50.3 Å². The van der Waals surface area contributed by atoms with E-state index in [-0.39, 0.29) is 23.7 Å². The molecule has 1 unspecified atom stereocenters. The zero-order chi connectivity index (χ0) is 18.9. The number of fused-ring (bicyclic) bond motifs is 1. The summed E-state index contributed by atoms with van der Waals surface area (Å²) in [4.78, 5) is 15.3. The van der Waals surface area contributed by atoms with Crippen LogP contribution in [-0.4, -0.2) is 27.4 Å². The second-order valence-corrected chi connectivity index (χ2v) is 8.06. The van der Waals surface area contributed by atoms with Crippen molar-refractivity contribution in [3.05, 3.63) is 71.5 Å². The lowest BCUT2D eigenvalue weighted by Gasteiger charge is -2.35. The summed E-state index contributed by atoms with van der Waals surface area (Å²) in [7, 11) is 0. The number of benzene rings is 1. The Morgan fingerprint density at radius 1 is 1.15 bits per heavy atom. The Morgan fingerprint density at radius 3 is 2.46 bits per heavy atom. The van der Waals surface area contributed by atoms with Gasteiger partial charge in [-0.15, -0.1) is 0 Å². The second-order valence-electron chi connectivity index (χ2n) is 8.06. The Labute approximate surface area is 156 Å². The lowest BCUT2D eigenvalue weighted by atomic mass is 9.81. The van der Waals surface area contributed by atoms with E-state index in [0.717, 1.165) is 5.70 Å². The predicted molar refractivity (Wildman–Crippen MR) is 105 cm³/mol. The van der Waals surface area contributed by atoms with Gasteiger partial charge in [-0.3, -0.25) is 4.79 Å². The third-order valence-corrected chi connectivity index (χ3v) is 5.12. The van der Waals surface area contributed by atoms with Crippen molar-refractivity contribution in [2.75, 3.05) is 0 Å². The molecule has 0 saturated carbocycles. The third-order valence-electron chi connectivity index (χ3n) is 5.12. The van der Waals surface area contributed by atoms with E-state index in [9.17, 15) is 9.90 Å². The molecule has 0 fully saturated rings. The predicted octanol–water partition coefficient (Wildman–Crippen LogP) is 4.25. The minimum Gasteiger partial charge on any atom is -0.378 e. The smallest absolute Gasteiger partial charge is 0.164 e. The number of aliphatic hydroxyl groups is 1. The monoisotopic (exact) mass is 351 g/mol. The van der Waals surface area contributed by atoms with Crippen LogP contribution in [-0.2, 0) is 11.3 Å². The van der Waals surface area contributed by atoms with E-state index in [2.05, 4.69) is 30.9 Å². The third kappa shape index (κ3) is 3.28. The molecule has 0 aromatic heterocycles. The molecule has 138 valence electrons. The quantitative estimate of drug-likeness (QED) is 0.833. The zero-order valence-electron chi connectivity index (χ0n) is 16.1. The Balaban J connectivity index is 2.10. The van der Waals surface area contributed by atoms with E-state index >= 15 is 0 Å². The van der Waals surface area contributed by atoms with Gasteiger partial charge in [-0.25, -0.2) is 0 Å². The van der Waals surface area contributed by atoms with Crippen LogP contribution < -0.4 is 0 Å². The number of allylic oxidation sites excluding steroid dienone is 3. The molecule has 0 amide bonds. The lowest BCUT2D eigenvalue weighted by molar-refractivity contribution is -0.117. The van der Waals surface area contributed by atoms with Crippen LogP contribution in [0.1, 0.15) is 39.7 Å². The molecule has 0 saturated heterocycles. The van der Waals surface area contributed by atoms with Crippen LogP contribution in [0.4, 0.5) is 0 Å². The van der Waals surface area contributed by atoms with Gasteiger partial charge in [-0.2, -0.15) is 0 Å². The molecular weight excluding hydrogens is 322 g/mol. The van der Waals surface area contributed by atoms with Gasteiger partial charge < -0.3 is 10.0 Å². The average molecular weight is 351 g/mol. The van der Waals surface area contributed by atoms with E-state index in [4.69, 9.17) is 0 Å². The van der Waals surface area contributed by atoms with Crippen molar-refractivity contribution in [1.82, 2.24) is 4.90 Å². The second kappa shape index (κ2) is 7.24. The molecule has 1 heterocycles. The van der Waals surface area contributed by atoms with E-state index < -0.39 is 5.60 Å². The normalized spacial score (nSPS) is 24.7. The van der Waals surface area contributed by atoms with Gasteiger partial charge in [0.25, 0.3) is 0 Å². The maximum absolute atomic E-state index is 13.1. The van der Waals surface area contributed by atoms with Gasteiger partial charge in [0.15, 0.2) is 5.78 Å². The van der Waals surface area contributed by atoms with Crippen molar-refractivity contribution in [2.45, 2.75) is 52.3 Å². The van der Waals surface area contributed by atoms with E-state index in [1.165, 1.54) is 5.56 Å². The van der Waals surface area contributed by atoms with Gasteiger partial charge in [0, 0.05) is 18.7 Å². The molecule has 0 spiro atoms. The number of hydrogen-bond acceptors (Lipinski definition) is 3. The highest BCUT2D eigenvalue weighted by Gasteiger charge is 2.52. The van der Waals surface area contributed by atoms with Crippen LogP contribution in [0.2, 0.25) is 0 Å². The molecule has 0 bridgehead atoms. The number of Topliss-reactive ketones (excluding diaryl/α,β-unsaturated/α-hetero) is 1. The van der Waals surface area contributed by atoms with Gasteiger partial charge in [0.1, 0.15) is 5.60 Å². The summed E-state index contributed by atoms with van der Waals surface area (Å²) in [6, 6.07) is 10.00. The highest BCUT2D eigenvalue weighted by molar-refractivity contribution is 5.99. The minimum absolute atomic E-state index is 0.0618. The van der Waals surface area contributed by atoms with E-state index in [1.54, 1.807) is 6.08 Å². The molecule has 1 aromatic carbocycles. The molecule has 2 atom stereocenters. The first-order valence-corrected chi connectivity index (χ1v) is 9.51. The SMILES string of the molecule is CC(C)CC(=O)C1=C(C(C)C)N(Cc2ccccc2)C2C=CC=C[C@]12O. The first-order valence-electron chi connectivity index (χ1n) is 9.51. The zero-order valence-corrected chi connectivity index (χ0v) is 16.1. The lowest BCUT2D eigenvalue weighted by Crippen LogP contribution is -2.46. The summed E-state index contributed by atoms with van der Waals surface area (Å²) in [6.45, 7) is 8.97. The van der Waals surface area contributed by atoms with Crippen LogP contribution in [0.25, 0.3) is 0 Å². The van der Waals surface area contributed by atoms with Crippen LogP contribution in [0.15, 0.2) is 65.9 Å². The fraction of sp³-hybridized carbons (Fsp3) is 0.435. The van der Waals surface area contributed by atoms with Crippen LogP contribution in [0, 0.1) is 11.8 Å². The topological polar surface area (TPSA) is 40.5 Å². The Hall–Kier alpha value is -2.13. The summed E-state index contributed by atoms with van der Waals surface area (Å²) in [5, 5.41) is 11.6. The average Bonchev–Trinajstić information content (AvgIpc) is 2.84. The molecule has 3 nitrogen and oxygen atoms in total. The summed E-state index contributed by atoms with van der Waals surface area (Å²) < 4.78 is 0. The van der Waals surface area contributed by atoms with Crippen molar-refractivity contribution >= 4 is 5.78 Å². The molecule has 1 aromatic rings. The Kier molecular flexibility index (Phi) is 5.19. The van der Waals surface area contributed by atoms with Crippen molar-refractivity contribution < 1.29 is 9.90 Å². The largest absolute Gasteiger partial charge is 0.378 e. The maximum Gasteiger partial charge on any atom is 0.164 e. The van der Waals surface area contributed by atoms with Crippen molar-refractivity contribution in [2.24, 2.45) is 11.8 Å². The van der Waals surface area contributed by atoms with Crippen molar-refractivity contribution in [3.8, 4) is 0 Å². The minimum atomic E-state index is -1.24. The van der Waals surface area contributed by atoms with Crippen molar-refractivity contribution in [1.29, 1.82) is 0 Å². The first-order chi connectivity index (χ1) is 12.3. The molecule has 3 heteroatoms. The number of hydrogen-bond donors (Lipinski definition) is 1. The van der Waals surface area contributed by atoms with Gasteiger partial charge in [0.05, 0.1) is 11.6 Å². The van der Waals surface area contributed by atoms with Crippen LogP contribution in [0.3, 0.4) is 0 Å².